The molecule has 0 saturated carbocycles. The number of aromatic nitrogens is 2. The molecule has 8 aromatic rings. The van der Waals surface area contributed by atoms with Crippen molar-refractivity contribution in [1.29, 1.82) is 0 Å². The SMILES string of the molecule is O=C1c2c(F)c(F)c(F)c(F)c2C(=O)C1c1ccc2c(N3C(=O)c4c(F)c(F)c(F)c(F)c4C3=O)c(Cc3cc(Cl)c4nc(C5C(=O)c6c(F)c(F)c(F)c(F)c6C5=O)ccc4c3N3C(=O)c4c(F)c(F)c(F)c(F)c4C3=O)cc(Cl)c2n1. The Kier molecular flexibility index (Phi) is 11.8. The first-order valence-corrected chi connectivity index (χ1v) is 23.4. The van der Waals surface area contributed by atoms with Gasteiger partial charge >= 0.3 is 0 Å². The van der Waals surface area contributed by atoms with Crippen LogP contribution in [0.2, 0.25) is 10.0 Å². The first kappa shape index (κ1) is 54.2. The Morgan fingerprint density at radius 2 is 0.566 bits per heavy atom. The van der Waals surface area contributed by atoms with Gasteiger partial charge in [-0.1, -0.05) is 23.2 Å². The lowest BCUT2D eigenvalue weighted by atomic mass is 9.93. The number of hydrogen-bond donors (Lipinski definition) is 0. The summed E-state index contributed by atoms with van der Waals surface area (Å²) in [6.07, 6.45) is -1.20. The van der Waals surface area contributed by atoms with Crippen LogP contribution in [0.1, 0.15) is 117 Å². The van der Waals surface area contributed by atoms with Gasteiger partial charge in [0.1, 0.15) is 11.8 Å². The summed E-state index contributed by atoms with van der Waals surface area (Å²) < 4.78 is 239. The molecule has 0 unspecified atom stereocenters. The van der Waals surface area contributed by atoms with Gasteiger partial charge in [0.25, 0.3) is 23.6 Å². The van der Waals surface area contributed by atoms with Crippen molar-refractivity contribution < 1.29 is 109 Å². The number of nitrogens with zero attached hydrogens (tertiary/aromatic N) is 4. The molecule has 0 atom stereocenters. The van der Waals surface area contributed by atoms with Crippen LogP contribution in [0.3, 0.4) is 0 Å². The Morgan fingerprint density at radius 3 is 0.807 bits per heavy atom. The smallest absolute Gasteiger partial charge is 0.269 e. The third-order valence-corrected chi connectivity index (χ3v) is 14.8. The zero-order valence-corrected chi connectivity index (χ0v) is 40.7. The lowest BCUT2D eigenvalue weighted by molar-refractivity contribution is 0.0869. The molecule has 2 aliphatic carbocycles. The van der Waals surface area contributed by atoms with E-state index >= 15 is 17.6 Å². The molecular weight excluding hydrogens is 1200 g/mol. The molecule has 0 fully saturated rings. The number of benzene rings is 6. The summed E-state index contributed by atoms with van der Waals surface area (Å²) in [4.78, 5) is 119. The number of ketones is 4. The normalized spacial score (nSPS) is 15.2. The maximum absolute atomic E-state index is 15.5. The Labute approximate surface area is 455 Å². The molecule has 30 heteroatoms. The number of halogens is 18. The van der Waals surface area contributed by atoms with Crippen molar-refractivity contribution in [3.05, 3.63) is 207 Å². The average molecular weight is 1210 g/mol. The molecule has 416 valence electrons. The van der Waals surface area contributed by atoms with E-state index in [0.29, 0.717) is 36.4 Å². The van der Waals surface area contributed by atoms with E-state index < -0.39 is 268 Å². The van der Waals surface area contributed by atoms with Crippen LogP contribution in [0.25, 0.3) is 21.8 Å². The van der Waals surface area contributed by atoms with Gasteiger partial charge in [-0.3, -0.25) is 38.4 Å². The first-order valence-electron chi connectivity index (χ1n) is 22.7. The van der Waals surface area contributed by atoms with Crippen LogP contribution in [0.15, 0.2) is 36.4 Å². The largest absolute Gasteiger partial charge is 0.293 e. The molecule has 12 rings (SSSR count). The van der Waals surface area contributed by atoms with E-state index in [1.807, 2.05) is 0 Å². The summed E-state index contributed by atoms with van der Waals surface area (Å²) in [6.45, 7) is 0. The molecule has 0 saturated heterocycles. The second kappa shape index (κ2) is 18.0. The highest BCUT2D eigenvalue weighted by Gasteiger charge is 2.52. The molecule has 12 nitrogen and oxygen atoms in total. The minimum absolute atomic E-state index is 0.158. The summed E-state index contributed by atoms with van der Waals surface area (Å²) in [6, 6.07) is 4.07. The Morgan fingerprint density at radius 1 is 0.337 bits per heavy atom. The van der Waals surface area contributed by atoms with Gasteiger partial charge in [-0.2, -0.15) is 0 Å². The van der Waals surface area contributed by atoms with Gasteiger partial charge in [-0.05, 0) is 47.5 Å². The third-order valence-electron chi connectivity index (χ3n) is 14.2. The second-order valence-corrected chi connectivity index (χ2v) is 19.2. The standard InChI is InChI=1S/C53H10Cl2F16N4O8/c54-12-6-8(44(74-50(80)22-23(51(74)81)31(61)39(69)38(68)30(22)60)10-1-3-14(72-42(10)12)16-46(76)18-19(47(16)77)27(57)35(65)34(64)26(18)56)5-9-7-13(55)43-11(45(9)75-52(82)24-25(53(75)83)33(63)41(71)40(70)32(24)62)2-4-15(73-43)17-48(78)20-21(49(17)79)29(59)37(67)36(66)28(20)58/h1-4,6-7,16-17H,5H2. The Bertz CT molecular complexity index is 4220. The number of imide groups is 2. The Hall–Kier alpha value is -9.44. The number of anilines is 2. The van der Waals surface area contributed by atoms with E-state index in [1.54, 1.807) is 0 Å². The van der Waals surface area contributed by atoms with E-state index in [-0.39, 0.29) is 9.80 Å². The van der Waals surface area contributed by atoms with Crippen LogP contribution < -0.4 is 9.80 Å². The van der Waals surface area contributed by atoms with Crippen LogP contribution in [0, 0.1) is 93.1 Å². The molecule has 6 aromatic carbocycles. The van der Waals surface area contributed by atoms with E-state index in [0.717, 1.165) is 0 Å². The highest BCUT2D eigenvalue weighted by atomic mass is 35.5. The number of carbonyl (C=O) groups excluding carboxylic acids is 8. The predicted octanol–water partition coefficient (Wildman–Crippen LogP) is 11.8. The van der Waals surface area contributed by atoms with Gasteiger partial charge in [0.05, 0.1) is 88.3 Å². The quantitative estimate of drug-likeness (QED) is 0.0513. The van der Waals surface area contributed by atoms with Crippen LogP contribution >= 0.6 is 23.2 Å². The van der Waals surface area contributed by atoms with Crippen LogP contribution in [0.5, 0.6) is 0 Å². The number of pyridine rings is 2. The van der Waals surface area contributed by atoms with Gasteiger partial charge in [-0.25, -0.2) is 90.0 Å². The molecule has 2 aliphatic heterocycles. The van der Waals surface area contributed by atoms with Crippen molar-refractivity contribution in [2.75, 3.05) is 9.80 Å². The van der Waals surface area contributed by atoms with Crippen molar-refractivity contribution in [2.24, 2.45) is 0 Å². The molecule has 2 aromatic heterocycles. The van der Waals surface area contributed by atoms with E-state index in [1.165, 1.54) is 0 Å². The maximum atomic E-state index is 15.5. The van der Waals surface area contributed by atoms with Crippen molar-refractivity contribution in [1.82, 2.24) is 9.97 Å². The van der Waals surface area contributed by atoms with E-state index in [4.69, 9.17) is 23.2 Å². The topological polar surface area (TPSA) is 169 Å². The molecule has 0 spiro atoms. The highest BCUT2D eigenvalue weighted by molar-refractivity contribution is 6.41. The highest BCUT2D eigenvalue weighted by Crippen LogP contribution is 2.48. The van der Waals surface area contributed by atoms with Gasteiger partial charge in [-0.15, -0.1) is 0 Å². The zero-order valence-electron chi connectivity index (χ0n) is 39.2. The zero-order chi connectivity index (χ0) is 60.1. The fourth-order valence-electron chi connectivity index (χ4n) is 10.6. The van der Waals surface area contributed by atoms with Gasteiger partial charge in [0.2, 0.25) is 0 Å². The lowest BCUT2D eigenvalue weighted by Gasteiger charge is -2.25. The molecule has 83 heavy (non-hydrogen) atoms. The van der Waals surface area contributed by atoms with Gasteiger partial charge < -0.3 is 0 Å². The van der Waals surface area contributed by atoms with Gasteiger partial charge in [0, 0.05) is 17.2 Å². The molecular formula is C53H10Cl2F16N4O8. The van der Waals surface area contributed by atoms with Crippen LogP contribution in [-0.4, -0.2) is 56.7 Å². The number of carbonyl (C=O) groups is 8. The van der Waals surface area contributed by atoms with Crippen molar-refractivity contribution in [3.8, 4) is 0 Å². The van der Waals surface area contributed by atoms with Crippen LogP contribution in [0.4, 0.5) is 81.6 Å². The van der Waals surface area contributed by atoms with Crippen molar-refractivity contribution >= 4 is 103 Å². The minimum atomic E-state index is -2.62. The second-order valence-electron chi connectivity index (χ2n) is 18.4. The fourth-order valence-corrected chi connectivity index (χ4v) is 11.1. The lowest BCUT2D eigenvalue weighted by Crippen LogP contribution is -2.32. The summed E-state index contributed by atoms with van der Waals surface area (Å²) >= 11 is 13.4. The summed E-state index contributed by atoms with van der Waals surface area (Å²) in [5, 5.41) is -3.03. The number of Topliss-reactive ketones (excluding diaryl/α,β-unsaturated/α-hetero) is 4. The summed E-state index contributed by atoms with van der Waals surface area (Å²) in [7, 11) is 0. The third kappa shape index (κ3) is 6.92. The van der Waals surface area contributed by atoms with Crippen molar-refractivity contribution in [3.63, 3.8) is 0 Å². The minimum Gasteiger partial charge on any atom is -0.293 e. The van der Waals surface area contributed by atoms with Gasteiger partial charge in [0.15, 0.2) is 116 Å². The molecule has 4 aliphatic rings. The number of hydrogen-bond acceptors (Lipinski definition) is 10. The molecule has 4 heterocycles. The average Bonchev–Trinajstić information content (AvgIpc) is 2.28. The number of amides is 4. The molecule has 4 amide bonds. The maximum Gasteiger partial charge on any atom is 0.269 e. The molecule has 0 bridgehead atoms. The Balaban J connectivity index is 1.09. The van der Waals surface area contributed by atoms with E-state index in [2.05, 4.69) is 9.97 Å². The fraction of sp³-hybridized carbons (Fsp3) is 0.0566. The molecule has 0 radical (unpaired) electrons. The number of fused-ring (bicyclic) bond motifs is 6. The number of rotatable bonds is 6. The molecule has 0 N–H and O–H groups in total. The predicted molar refractivity (Wildman–Crippen MR) is 246 cm³/mol. The van der Waals surface area contributed by atoms with E-state index in [9.17, 15) is 91.0 Å². The van der Waals surface area contributed by atoms with Crippen LogP contribution in [-0.2, 0) is 6.42 Å². The summed E-state index contributed by atoms with van der Waals surface area (Å²) in [5.74, 6) is -59.3. The van der Waals surface area contributed by atoms with Crippen molar-refractivity contribution in [2.45, 2.75) is 18.3 Å². The monoisotopic (exact) mass is 1200 g/mol. The first-order chi connectivity index (χ1) is 39.1. The summed E-state index contributed by atoms with van der Waals surface area (Å²) in [5.41, 5.74) is -20.1.